The Bertz CT molecular complexity index is 1310. The molecule has 0 aromatic heterocycles. The van der Waals surface area contributed by atoms with Crippen LogP contribution in [-0.2, 0) is 72.3 Å². The Morgan fingerprint density at radius 3 is 0.568 bits per heavy atom. The molecular weight excluding hydrogens is 800 g/mol. The van der Waals surface area contributed by atoms with Gasteiger partial charge < -0.3 is 68.5 Å². The van der Waals surface area contributed by atoms with Crippen molar-refractivity contribution >= 4 is 62.6 Å². The fraction of sp³-hybridized carbons (Fsp3) is 1.00. The molecule has 0 aliphatic heterocycles. The summed E-state index contributed by atoms with van der Waals surface area (Å²) in [6, 6.07) is 0. The Morgan fingerprint density at radius 1 is 0.273 bits per heavy atom. The van der Waals surface area contributed by atoms with Crippen LogP contribution in [0.5, 0.6) is 0 Å². The minimum atomic E-state index is -6.55. The lowest BCUT2D eigenvalue weighted by molar-refractivity contribution is -0.201. The van der Waals surface area contributed by atoms with Gasteiger partial charge in [-0.1, -0.05) is 0 Å². The minimum absolute atomic E-state index is 3.36. The molecule has 14 N–H and O–H groups in total. The summed E-state index contributed by atoms with van der Waals surface area (Å²) in [5.74, 6) is 0. The van der Waals surface area contributed by atoms with E-state index in [0.29, 0.717) is 0 Å². The molecule has 1 rings (SSSR count). The summed E-state index contributed by atoms with van der Waals surface area (Å²) in [5.41, 5.74) is 0. The lowest BCUT2D eigenvalue weighted by atomic mass is 9.85. The van der Waals surface area contributed by atoms with Gasteiger partial charge in [0.1, 0.15) is 36.6 Å². The molecular formula is C6H20O30P8. The average Bonchev–Trinajstić information content (AvgIpc) is 2.62. The van der Waals surface area contributed by atoms with Crippen molar-refractivity contribution in [3.8, 4) is 0 Å². The Kier molecular flexibility index (Phi) is 14.1. The highest BCUT2D eigenvalue weighted by atomic mass is 31.3. The van der Waals surface area contributed by atoms with Gasteiger partial charge in [-0.25, -0.2) is 36.5 Å². The summed E-state index contributed by atoms with van der Waals surface area (Å²) >= 11 is 0. The molecule has 1 aliphatic rings. The molecule has 1 fully saturated rings. The molecule has 4 unspecified atom stereocenters. The van der Waals surface area contributed by atoms with Crippen molar-refractivity contribution in [3.63, 3.8) is 0 Å². The second kappa shape index (κ2) is 14.4. The molecule has 8 atom stereocenters. The zero-order valence-electron chi connectivity index (χ0n) is 19.8. The van der Waals surface area contributed by atoms with E-state index < -0.39 is 99.2 Å². The highest BCUT2D eigenvalue weighted by Gasteiger charge is 2.63. The van der Waals surface area contributed by atoms with E-state index in [9.17, 15) is 85.5 Å². The van der Waals surface area contributed by atoms with Crippen molar-refractivity contribution in [2.75, 3.05) is 0 Å². The molecule has 0 aromatic carbocycles. The number of hydrogen-bond acceptors (Lipinski definition) is 16. The first kappa shape index (κ1) is 43.0. The van der Waals surface area contributed by atoms with E-state index >= 15 is 0 Å². The molecule has 1 saturated carbocycles. The van der Waals surface area contributed by atoms with Crippen LogP contribution in [0.15, 0.2) is 0 Å². The quantitative estimate of drug-likeness (QED) is 0.0694. The maximum atomic E-state index is 12.3. The normalized spacial score (nSPS) is 29.1. The SMILES string of the molecule is O=P(O)(O)OC1[C@@H](OP(=O)(O)O)[C@H](OP(=O)(O)OP(=O)(O)O)C(OP(=O)(O)O)[C@H](OP(=O)(O)OP(=O)(O)O)[C@H]1OP(=O)(O)O. The first-order valence-corrected chi connectivity index (χ1v) is 21.7. The Labute approximate surface area is 240 Å². The molecule has 38 heteroatoms. The monoisotopic (exact) mass is 820 g/mol. The van der Waals surface area contributed by atoms with Crippen molar-refractivity contribution in [2.24, 2.45) is 0 Å². The van der Waals surface area contributed by atoms with Crippen molar-refractivity contribution < 1.29 is 141 Å². The van der Waals surface area contributed by atoms with Crippen LogP contribution in [0.3, 0.4) is 0 Å². The van der Waals surface area contributed by atoms with Crippen LogP contribution >= 0.6 is 62.6 Å². The molecule has 1 aliphatic carbocycles. The maximum absolute atomic E-state index is 12.3. The predicted molar refractivity (Wildman–Crippen MR) is 123 cm³/mol. The molecule has 30 nitrogen and oxygen atoms in total. The molecule has 0 amide bonds. The first-order chi connectivity index (χ1) is 19.0. The number of hydrogen-bond donors (Lipinski definition) is 14. The van der Waals surface area contributed by atoms with E-state index in [1.165, 1.54) is 0 Å². The van der Waals surface area contributed by atoms with Gasteiger partial charge in [0.15, 0.2) is 0 Å². The van der Waals surface area contributed by atoms with Gasteiger partial charge in [-0.3, -0.25) is 27.1 Å². The van der Waals surface area contributed by atoms with E-state index in [2.05, 4.69) is 35.8 Å². The van der Waals surface area contributed by atoms with Gasteiger partial charge in [0, 0.05) is 0 Å². The maximum Gasteiger partial charge on any atom is 0.481 e. The minimum Gasteiger partial charge on any atom is -0.303 e. The van der Waals surface area contributed by atoms with Crippen molar-refractivity contribution in [1.82, 2.24) is 0 Å². The van der Waals surface area contributed by atoms with Crippen LogP contribution in [0.1, 0.15) is 0 Å². The van der Waals surface area contributed by atoms with Gasteiger partial charge in [0.05, 0.1) is 0 Å². The molecule has 0 radical (unpaired) electrons. The van der Waals surface area contributed by atoms with Crippen LogP contribution in [-0.4, -0.2) is 105 Å². The van der Waals surface area contributed by atoms with Crippen LogP contribution < -0.4 is 0 Å². The van der Waals surface area contributed by atoms with Crippen molar-refractivity contribution in [1.29, 1.82) is 0 Å². The van der Waals surface area contributed by atoms with Gasteiger partial charge in [-0.05, 0) is 0 Å². The van der Waals surface area contributed by atoms with E-state index in [1.807, 2.05) is 0 Å². The van der Waals surface area contributed by atoms with Crippen molar-refractivity contribution in [3.05, 3.63) is 0 Å². The molecule has 0 bridgehead atoms. The van der Waals surface area contributed by atoms with Crippen LogP contribution in [0, 0.1) is 0 Å². The number of phosphoric ester groups is 6. The summed E-state index contributed by atoms with van der Waals surface area (Å²) in [6.45, 7) is 0. The predicted octanol–water partition coefficient (Wildman–Crippen LogP) is -2.90. The summed E-state index contributed by atoms with van der Waals surface area (Å²) < 4.78 is 125. The van der Waals surface area contributed by atoms with Gasteiger partial charge in [-0.2, -0.15) is 8.62 Å². The summed E-state index contributed by atoms with van der Waals surface area (Å²) in [5, 5.41) is 0. The standard InChI is InChI=1S/C6H20O30P8/c7-37(8,9)29-1-2(30-38(10,11)12)5(33-43(25,26)35-41(19,20)21)4(32-40(16,17)18)6(3(1)31-39(13,14)15)34-44(27,28)36-42(22,23)24/h1-6H,(H,25,26)(H,27,28)(H2,7,8,9)(H2,10,11,12)(H2,13,14,15)(H2,16,17,18)(H2,19,20,21)(H2,22,23,24)/t1?,2-,3+,4?,5+,6-. The fourth-order valence-corrected chi connectivity index (χ4v) is 8.87. The Morgan fingerprint density at radius 2 is 0.432 bits per heavy atom. The Hall–Kier alpha value is 0.960. The van der Waals surface area contributed by atoms with E-state index in [0.717, 1.165) is 0 Å². The van der Waals surface area contributed by atoms with Gasteiger partial charge in [0.25, 0.3) is 0 Å². The summed E-state index contributed by atoms with van der Waals surface area (Å²) in [4.78, 5) is 129. The van der Waals surface area contributed by atoms with E-state index in [1.54, 1.807) is 0 Å². The van der Waals surface area contributed by atoms with E-state index in [4.69, 9.17) is 19.6 Å². The number of rotatable bonds is 16. The lowest BCUT2D eigenvalue weighted by Crippen LogP contribution is -2.66. The topological polar surface area (TPSA) is 494 Å². The third kappa shape index (κ3) is 16.9. The van der Waals surface area contributed by atoms with Crippen LogP contribution in [0.4, 0.5) is 0 Å². The summed E-state index contributed by atoms with van der Waals surface area (Å²) in [6.07, 6.45) is -21.0. The fourth-order valence-electron chi connectivity index (χ4n) is 3.09. The Balaban J connectivity index is 4.23. The third-order valence-electron chi connectivity index (χ3n) is 3.91. The van der Waals surface area contributed by atoms with Crippen LogP contribution in [0.25, 0.3) is 0 Å². The molecule has 0 aromatic rings. The highest BCUT2D eigenvalue weighted by Crippen LogP contribution is 2.64. The smallest absolute Gasteiger partial charge is 0.303 e. The van der Waals surface area contributed by atoms with Gasteiger partial charge in [-0.15, -0.1) is 0 Å². The largest absolute Gasteiger partial charge is 0.481 e. The molecule has 0 spiro atoms. The van der Waals surface area contributed by atoms with Crippen LogP contribution in [0.2, 0.25) is 0 Å². The highest BCUT2D eigenvalue weighted by molar-refractivity contribution is 7.61. The van der Waals surface area contributed by atoms with Crippen molar-refractivity contribution in [2.45, 2.75) is 36.6 Å². The van der Waals surface area contributed by atoms with E-state index in [-0.39, 0.29) is 0 Å². The first-order valence-electron chi connectivity index (χ1n) is 9.50. The molecule has 264 valence electrons. The van der Waals surface area contributed by atoms with Gasteiger partial charge in [0.2, 0.25) is 0 Å². The number of phosphoric acid groups is 8. The molecule has 44 heavy (non-hydrogen) atoms. The average molecular weight is 820 g/mol. The third-order valence-corrected chi connectivity index (χ3v) is 10.4. The zero-order valence-corrected chi connectivity index (χ0v) is 27.0. The summed E-state index contributed by atoms with van der Waals surface area (Å²) in [7, 11) is -50.6. The zero-order chi connectivity index (χ0) is 35.1. The van der Waals surface area contributed by atoms with Gasteiger partial charge >= 0.3 is 62.6 Å². The lowest BCUT2D eigenvalue weighted by Gasteiger charge is -2.48. The second-order valence-electron chi connectivity index (χ2n) is 7.46. The molecule has 0 heterocycles. The second-order valence-corrected chi connectivity index (χ2v) is 17.8. The molecule has 0 saturated heterocycles.